The highest BCUT2D eigenvalue weighted by Gasteiger charge is 2.54. The molecule has 122 valence electrons. The van der Waals surface area contributed by atoms with E-state index >= 15 is 0 Å². The van der Waals surface area contributed by atoms with Crippen LogP contribution < -0.4 is 0 Å². The normalized spacial score (nSPS) is 32.3. The van der Waals surface area contributed by atoms with Crippen molar-refractivity contribution in [3.63, 3.8) is 0 Å². The maximum absolute atomic E-state index is 13.1. The standard InChI is InChI=1S/C19H22O3S/c1-19(2)10-14-12-8-16(20)18(15(14)11-19)17(9-12)23(21,22)13-6-4-3-5-7-13/h3-7,12,17-18H,8-11H2,1-2H3/t12-,17-,18+/m0/s1. The monoisotopic (exact) mass is 330 g/mol. The summed E-state index contributed by atoms with van der Waals surface area (Å²) in [5, 5.41) is -0.566. The predicted molar refractivity (Wildman–Crippen MR) is 88.7 cm³/mol. The zero-order chi connectivity index (χ0) is 16.4. The molecule has 1 saturated carbocycles. The first-order chi connectivity index (χ1) is 10.8. The topological polar surface area (TPSA) is 51.2 Å². The molecule has 1 aromatic rings. The number of Topliss-reactive ketones (excluding diaryl/α,β-unsaturated/α-hetero) is 1. The molecule has 1 aromatic carbocycles. The molecule has 5 rings (SSSR count). The quantitative estimate of drug-likeness (QED) is 0.779. The number of hydrogen-bond donors (Lipinski definition) is 0. The van der Waals surface area contributed by atoms with Crippen LogP contribution in [0.4, 0.5) is 0 Å². The number of carbonyl (C=O) groups excluding carboxylic acids is 1. The minimum absolute atomic E-state index is 0.141. The fourth-order valence-electron chi connectivity index (χ4n) is 4.89. The first-order valence-electron chi connectivity index (χ1n) is 8.33. The lowest BCUT2D eigenvalue weighted by atomic mass is 9.67. The van der Waals surface area contributed by atoms with Gasteiger partial charge in [0.2, 0.25) is 0 Å². The van der Waals surface area contributed by atoms with Crippen molar-refractivity contribution in [2.75, 3.05) is 0 Å². The fourth-order valence-corrected chi connectivity index (χ4v) is 6.93. The van der Waals surface area contributed by atoms with Crippen molar-refractivity contribution in [3.05, 3.63) is 41.5 Å². The molecule has 0 aromatic heterocycles. The van der Waals surface area contributed by atoms with Crippen molar-refractivity contribution in [2.24, 2.45) is 17.3 Å². The summed E-state index contributed by atoms with van der Waals surface area (Å²) >= 11 is 0. The predicted octanol–water partition coefficient (Wildman–Crippen LogP) is 3.55. The molecule has 4 aliphatic carbocycles. The lowest BCUT2D eigenvalue weighted by Crippen LogP contribution is -2.46. The average molecular weight is 330 g/mol. The van der Waals surface area contributed by atoms with Crippen molar-refractivity contribution in [1.82, 2.24) is 0 Å². The van der Waals surface area contributed by atoms with Gasteiger partial charge in [0.05, 0.1) is 16.1 Å². The van der Waals surface area contributed by atoms with Crippen LogP contribution in [0, 0.1) is 17.3 Å². The van der Waals surface area contributed by atoms with Gasteiger partial charge in [0.25, 0.3) is 0 Å². The van der Waals surface area contributed by atoms with Gasteiger partial charge in [-0.15, -0.1) is 0 Å². The van der Waals surface area contributed by atoms with E-state index in [2.05, 4.69) is 13.8 Å². The van der Waals surface area contributed by atoms with E-state index in [1.54, 1.807) is 24.3 Å². The molecule has 0 spiro atoms. The molecule has 0 N–H and O–H groups in total. The van der Waals surface area contributed by atoms with E-state index in [1.807, 2.05) is 6.07 Å². The van der Waals surface area contributed by atoms with Gasteiger partial charge in [0.1, 0.15) is 5.78 Å². The van der Waals surface area contributed by atoms with Gasteiger partial charge in [-0.05, 0) is 42.7 Å². The largest absolute Gasteiger partial charge is 0.299 e. The van der Waals surface area contributed by atoms with E-state index < -0.39 is 21.0 Å². The van der Waals surface area contributed by atoms with Gasteiger partial charge >= 0.3 is 0 Å². The third-order valence-corrected chi connectivity index (χ3v) is 7.96. The van der Waals surface area contributed by atoms with E-state index in [1.165, 1.54) is 5.57 Å². The van der Waals surface area contributed by atoms with Crippen molar-refractivity contribution >= 4 is 15.6 Å². The molecule has 2 bridgehead atoms. The van der Waals surface area contributed by atoms with E-state index in [9.17, 15) is 13.2 Å². The third kappa shape index (κ3) is 2.22. The van der Waals surface area contributed by atoms with Gasteiger partial charge in [-0.3, -0.25) is 4.79 Å². The number of carbonyl (C=O) groups is 1. The lowest BCUT2D eigenvalue weighted by Gasteiger charge is -2.42. The molecule has 0 aliphatic heterocycles. The Morgan fingerprint density at radius 1 is 1.04 bits per heavy atom. The summed E-state index contributed by atoms with van der Waals surface area (Å²) in [4.78, 5) is 13.0. The second-order valence-electron chi connectivity index (χ2n) is 8.05. The van der Waals surface area contributed by atoms with Gasteiger partial charge in [-0.1, -0.05) is 43.2 Å². The number of fused-ring (bicyclic) bond motifs is 2. The SMILES string of the molecule is CC1(C)CC2=C(C1)[C@@H]1C(=O)C[C@H]2C[C@@H]1S(=O)(=O)c1ccccc1. The zero-order valence-electron chi connectivity index (χ0n) is 13.6. The Balaban J connectivity index is 1.78. The number of rotatable bonds is 2. The number of benzene rings is 1. The smallest absolute Gasteiger partial charge is 0.182 e. The Kier molecular flexibility index (Phi) is 3.15. The Morgan fingerprint density at radius 3 is 2.39 bits per heavy atom. The molecule has 3 atom stereocenters. The highest BCUT2D eigenvalue weighted by molar-refractivity contribution is 7.92. The summed E-state index contributed by atoms with van der Waals surface area (Å²) in [5.74, 6) is -0.114. The summed E-state index contributed by atoms with van der Waals surface area (Å²) in [7, 11) is -3.46. The van der Waals surface area contributed by atoms with Crippen molar-refractivity contribution in [2.45, 2.75) is 49.7 Å². The van der Waals surface area contributed by atoms with Crippen LogP contribution in [-0.4, -0.2) is 19.5 Å². The molecule has 23 heavy (non-hydrogen) atoms. The molecule has 4 heteroatoms. The molecule has 0 unspecified atom stereocenters. The molecule has 3 nitrogen and oxygen atoms in total. The van der Waals surface area contributed by atoms with Crippen LogP contribution in [0.15, 0.2) is 46.4 Å². The summed E-state index contributed by atoms with van der Waals surface area (Å²) in [6, 6.07) is 8.61. The Labute approximate surface area is 137 Å². The van der Waals surface area contributed by atoms with Crippen LogP contribution in [0.3, 0.4) is 0 Å². The van der Waals surface area contributed by atoms with Crippen LogP contribution in [0.25, 0.3) is 0 Å². The summed E-state index contributed by atoms with van der Waals surface area (Å²) in [5.41, 5.74) is 2.73. The fraction of sp³-hybridized carbons (Fsp3) is 0.526. The minimum Gasteiger partial charge on any atom is -0.299 e. The van der Waals surface area contributed by atoms with Crippen LogP contribution in [0.1, 0.15) is 39.5 Å². The molecular formula is C19H22O3S. The van der Waals surface area contributed by atoms with Gasteiger partial charge < -0.3 is 0 Å². The summed E-state index contributed by atoms with van der Waals surface area (Å²) in [6.45, 7) is 4.44. The van der Waals surface area contributed by atoms with Gasteiger partial charge in [-0.2, -0.15) is 0 Å². The second-order valence-corrected chi connectivity index (χ2v) is 10.2. The highest BCUT2D eigenvalue weighted by Crippen LogP contribution is 2.57. The molecule has 4 aliphatic rings. The average Bonchev–Trinajstić information content (AvgIpc) is 2.84. The Hall–Kier alpha value is -1.42. The van der Waals surface area contributed by atoms with E-state index in [0.717, 1.165) is 18.4 Å². The third-order valence-electron chi connectivity index (χ3n) is 5.77. The molecule has 0 amide bonds. The van der Waals surface area contributed by atoms with E-state index in [0.29, 0.717) is 17.7 Å². The summed E-state index contributed by atoms with van der Waals surface area (Å²) < 4.78 is 26.2. The molecule has 0 heterocycles. The van der Waals surface area contributed by atoms with E-state index in [-0.39, 0.29) is 17.1 Å². The van der Waals surface area contributed by atoms with Gasteiger partial charge in [0, 0.05) is 6.42 Å². The number of hydrogen-bond acceptors (Lipinski definition) is 3. The zero-order valence-corrected chi connectivity index (χ0v) is 14.4. The summed E-state index contributed by atoms with van der Waals surface area (Å²) in [6.07, 6.45) is 3.05. The van der Waals surface area contributed by atoms with Crippen LogP contribution in [0.2, 0.25) is 0 Å². The number of ketones is 1. The molecule has 0 radical (unpaired) electrons. The van der Waals surface area contributed by atoms with Crippen molar-refractivity contribution < 1.29 is 13.2 Å². The van der Waals surface area contributed by atoms with Gasteiger partial charge in [-0.25, -0.2) is 8.42 Å². The van der Waals surface area contributed by atoms with Crippen LogP contribution in [0.5, 0.6) is 0 Å². The first kappa shape index (κ1) is 15.1. The number of allylic oxidation sites excluding steroid dienone is 2. The van der Waals surface area contributed by atoms with Crippen LogP contribution in [-0.2, 0) is 14.6 Å². The first-order valence-corrected chi connectivity index (χ1v) is 9.88. The molecular weight excluding hydrogens is 308 g/mol. The van der Waals surface area contributed by atoms with Crippen LogP contribution >= 0.6 is 0 Å². The maximum Gasteiger partial charge on any atom is 0.182 e. The highest BCUT2D eigenvalue weighted by atomic mass is 32.2. The Morgan fingerprint density at radius 2 is 1.70 bits per heavy atom. The Bertz CT molecular complexity index is 802. The molecule has 1 fully saturated rings. The maximum atomic E-state index is 13.1. The molecule has 0 saturated heterocycles. The van der Waals surface area contributed by atoms with Crippen molar-refractivity contribution in [3.8, 4) is 0 Å². The van der Waals surface area contributed by atoms with E-state index in [4.69, 9.17) is 0 Å². The van der Waals surface area contributed by atoms with Gasteiger partial charge in [0.15, 0.2) is 9.84 Å². The minimum atomic E-state index is -3.46. The lowest BCUT2D eigenvalue weighted by molar-refractivity contribution is -0.125. The number of sulfone groups is 1. The van der Waals surface area contributed by atoms with Crippen molar-refractivity contribution in [1.29, 1.82) is 0 Å². The second kappa shape index (κ2) is 4.79.